The van der Waals surface area contributed by atoms with E-state index in [2.05, 4.69) is 10.2 Å². The van der Waals surface area contributed by atoms with Crippen LogP contribution >= 0.6 is 0 Å². The molecule has 0 spiro atoms. The van der Waals surface area contributed by atoms with Crippen LogP contribution in [0, 0.1) is 0 Å². The molecule has 90 valence electrons. The summed E-state index contributed by atoms with van der Waals surface area (Å²) in [4.78, 5) is 11.5. The molecule has 0 amide bonds. The van der Waals surface area contributed by atoms with Gasteiger partial charge in [-0.15, -0.1) is 0 Å². The third kappa shape index (κ3) is 2.33. The molecule has 4 N–H and O–H groups in total. The van der Waals surface area contributed by atoms with Gasteiger partial charge in [-0.2, -0.15) is 0 Å². The molecule has 2 aromatic rings. The van der Waals surface area contributed by atoms with Crippen LogP contribution in [0.1, 0.15) is 13.8 Å². The van der Waals surface area contributed by atoms with Crippen molar-refractivity contribution >= 4 is 5.82 Å². The monoisotopic (exact) mass is 233 g/mol. The minimum Gasteiger partial charge on any atom is -0.491 e. The van der Waals surface area contributed by atoms with Gasteiger partial charge in [0.25, 0.3) is 5.56 Å². The third-order valence-corrected chi connectivity index (χ3v) is 2.32. The van der Waals surface area contributed by atoms with Crippen molar-refractivity contribution in [2.24, 2.45) is 0 Å². The molecule has 2 rings (SSSR count). The molecule has 5 heteroatoms. The molecule has 17 heavy (non-hydrogen) atoms. The second-order valence-corrected chi connectivity index (χ2v) is 4.06. The van der Waals surface area contributed by atoms with Crippen LogP contribution in [-0.4, -0.2) is 16.3 Å². The lowest BCUT2D eigenvalue weighted by Crippen LogP contribution is -2.05. The molecular formula is C12H15N3O2. The van der Waals surface area contributed by atoms with Crippen molar-refractivity contribution in [2.45, 2.75) is 20.0 Å². The van der Waals surface area contributed by atoms with Gasteiger partial charge >= 0.3 is 0 Å². The first-order chi connectivity index (χ1) is 8.08. The smallest absolute Gasteiger partial charge is 0.273 e. The maximum absolute atomic E-state index is 11.5. The van der Waals surface area contributed by atoms with Crippen molar-refractivity contribution in [3.63, 3.8) is 0 Å². The van der Waals surface area contributed by atoms with E-state index in [9.17, 15) is 4.79 Å². The maximum atomic E-state index is 11.5. The average Bonchev–Trinajstić information content (AvgIpc) is 2.59. The number of nitrogens with two attached hydrogens (primary N) is 1. The number of hydrogen-bond acceptors (Lipinski definition) is 3. The van der Waals surface area contributed by atoms with E-state index in [1.165, 1.54) is 0 Å². The van der Waals surface area contributed by atoms with Crippen LogP contribution in [0.25, 0.3) is 11.1 Å². The molecule has 1 aromatic carbocycles. The van der Waals surface area contributed by atoms with Crippen molar-refractivity contribution in [2.75, 3.05) is 5.73 Å². The number of nitrogen functional groups attached to an aromatic ring is 1. The van der Waals surface area contributed by atoms with Crippen LogP contribution < -0.4 is 16.0 Å². The number of ether oxygens (including phenoxy) is 1. The Morgan fingerprint density at radius 1 is 1.18 bits per heavy atom. The van der Waals surface area contributed by atoms with Gasteiger partial charge in [0.15, 0.2) is 0 Å². The summed E-state index contributed by atoms with van der Waals surface area (Å²) in [7, 11) is 0. The van der Waals surface area contributed by atoms with E-state index in [0.29, 0.717) is 11.4 Å². The van der Waals surface area contributed by atoms with E-state index in [0.717, 1.165) is 11.3 Å². The second kappa shape index (κ2) is 4.37. The number of H-pyrrole nitrogens is 2. The maximum Gasteiger partial charge on any atom is 0.273 e. The predicted molar refractivity (Wildman–Crippen MR) is 67.0 cm³/mol. The van der Waals surface area contributed by atoms with Crippen molar-refractivity contribution in [1.82, 2.24) is 10.2 Å². The average molecular weight is 233 g/mol. The largest absolute Gasteiger partial charge is 0.491 e. The summed E-state index contributed by atoms with van der Waals surface area (Å²) < 4.78 is 5.52. The number of hydrogen-bond donors (Lipinski definition) is 3. The van der Waals surface area contributed by atoms with Crippen molar-refractivity contribution < 1.29 is 4.74 Å². The van der Waals surface area contributed by atoms with E-state index in [4.69, 9.17) is 10.5 Å². The Bertz CT molecular complexity index is 552. The highest BCUT2D eigenvalue weighted by atomic mass is 16.5. The van der Waals surface area contributed by atoms with Gasteiger partial charge in [-0.1, -0.05) is 12.1 Å². The van der Waals surface area contributed by atoms with Gasteiger partial charge in [0, 0.05) is 0 Å². The fourth-order valence-corrected chi connectivity index (χ4v) is 1.63. The lowest BCUT2D eigenvalue weighted by Gasteiger charge is -2.09. The van der Waals surface area contributed by atoms with E-state index in [1.807, 2.05) is 38.1 Å². The lowest BCUT2D eigenvalue weighted by atomic mass is 10.1. The Hall–Kier alpha value is -2.17. The van der Waals surface area contributed by atoms with Crippen LogP contribution in [0.3, 0.4) is 0 Å². The number of anilines is 1. The molecule has 0 saturated carbocycles. The summed E-state index contributed by atoms with van der Waals surface area (Å²) in [5.74, 6) is 1.11. The van der Waals surface area contributed by atoms with Crippen molar-refractivity contribution in [3.8, 4) is 16.9 Å². The molecule has 1 heterocycles. The summed E-state index contributed by atoms with van der Waals surface area (Å²) in [6.07, 6.45) is 0.126. The zero-order valence-corrected chi connectivity index (χ0v) is 9.78. The molecule has 0 aliphatic carbocycles. The number of rotatable bonds is 3. The fourth-order valence-electron chi connectivity index (χ4n) is 1.63. The second-order valence-electron chi connectivity index (χ2n) is 4.06. The van der Waals surface area contributed by atoms with Crippen LogP contribution in [0.2, 0.25) is 0 Å². The number of nitrogens with one attached hydrogen (secondary N) is 2. The van der Waals surface area contributed by atoms with E-state index in [1.54, 1.807) is 0 Å². The Labute approximate surface area is 98.6 Å². The highest BCUT2D eigenvalue weighted by Crippen LogP contribution is 2.23. The fraction of sp³-hybridized carbons (Fsp3) is 0.250. The first-order valence-electron chi connectivity index (χ1n) is 5.41. The summed E-state index contributed by atoms with van der Waals surface area (Å²) in [6, 6.07) is 7.27. The van der Waals surface area contributed by atoms with Gasteiger partial charge in [0.05, 0.1) is 11.7 Å². The normalized spacial score (nSPS) is 10.8. The molecule has 5 nitrogen and oxygen atoms in total. The zero-order valence-electron chi connectivity index (χ0n) is 9.78. The Morgan fingerprint density at radius 3 is 2.29 bits per heavy atom. The molecule has 0 fully saturated rings. The van der Waals surface area contributed by atoms with E-state index in [-0.39, 0.29) is 11.7 Å². The number of aromatic amines is 2. The molecule has 0 aliphatic rings. The minimum absolute atomic E-state index is 0.126. The van der Waals surface area contributed by atoms with Crippen LogP contribution in [0.4, 0.5) is 5.82 Å². The van der Waals surface area contributed by atoms with Gasteiger partial charge in [-0.3, -0.25) is 15.0 Å². The van der Waals surface area contributed by atoms with Gasteiger partial charge in [-0.05, 0) is 31.5 Å². The highest BCUT2D eigenvalue weighted by Gasteiger charge is 2.09. The summed E-state index contributed by atoms with van der Waals surface area (Å²) in [6.45, 7) is 3.92. The van der Waals surface area contributed by atoms with Gasteiger partial charge in [0.1, 0.15) is 11.6 Å². The van der Waals surface area contributed by atoms with E-state index >= 15 is 0 Å². The van der Waals surface area contributed by atoms with Crippen molar-refractivity contribution in [1.29, 1.82) is 0 Å². The Morgan fingerprint density at radius 2 is 1.82 bits per heavy atom. The van der Waals surface area contributed by atoms with Gasteiger partial charge in [-0.25, -0.2) is 0 Å². The van der Waals surface area contributed by atoms with Gasteiger partial charge < -0.3 is 10.5 Å². The lowest BCUT2D eigenvalue weighted by molar-refractivity contribution is 0.242. The first-order valence-corrected chi connectivity index (χ1v) is 5.41. The molecule has 0 saturated heterocycles. The Balaban J connectivity index is 2.33. The van der Waals surface area contributed by atoms with Gasteiger partial charge in [0.2, 0.25) is 0 Å². The Kier molecular flexibility index (Phi) is 2.91. The molecule has 1 aromatic heterocycles. The third-order valence-electron chi connectivity index (χ3n) is 2.32. The quantitative estimate of drug-likeness (QED) is 0.755. The highest BCUT2D eigenvalue weighted by molar-refractivity contribution is 5.73. The topological polar surface area (TPSA) is 83.9 Å². The first kappa shape index (κ1) is 11.3. The zero-order chi connectivity index (χ0) is 12.4. The van der Waals surface area contributed by atoms with E-state index < -0.39 is 0 Å². The standard InChI is InChI=1S/C12H15N3O2/c1-7(2)17-9-5-3-8(4-6-9)10-11(13)14-15-12(10)16/h3-7H,1-2H3,(H4,13,14,15,16). The number of benzene rings is 1. The molecular weight excluding hydrogens is 218 g/mol. The summed E-state index contributed by atoms with van der Waals surface area (Å²) >= 11 is 0. The minimum atomic E-state index is -0.222. The van der Waals surface area contributed by atoms with Crippen LogP contribution in [0.15, 0.2) is 29.1 Å². The van der Waals surface area contributed by atoms with Crippen LogP contribution in [-0.2, 0) is 0 Å². The molecule has 0 bridgehead atoms. The van der Waals surface area contributed by atoms with Crippen molar-refractivity contribution in [3.05, 3.63) is 34.6 Å². The molecule has 0 atom stereocenters. The predicted octanol–water partition coefficient (Wildman–Crippen LogP) is 1.74. The molecule has 0 unspecified atom stereocenters. The number of aromatic nitrogens is 2. The molecule has 0 aliphatic heterocycles. The summed E-state index contributed by atoms with van der Waals surface area (Å²) in [5.41, 5.74) is 6.68. The summed E-state index contributed by atoms with van der Waals surface area (Å²) in [5, 5.41) is 5.04. The molecule has 0 radical (unpaired) electrons. The SMILES string of the molecule is CC(C)Oc1ccc(-c2c(N)[nH][nH]c2=O)cc1. The van der Waals surface area contributed by atoms with Crippen LogP contribution in [0.5, 0.6) is 5.75 Å².